The van der Waals surface area contributed by atoms with Crippen molar-refractivity contribution in [3.05, 3.63) is 66.8 Å². The summed E-state index contributed by atoms with van der Waals surface area (Å²) in [5.41, 5.74) is 2.43. The molecule has 0 fully saturated rings. The zero-order valence-corrected chi connectivity index (χ0v) is 11.9. The fourth-order valence-electron chi connectivity index (χ4n) is 2.13. The van der Waals surface area contributed by atoms with E-state index >= 15 is 0 Å². The van der Waals surface area contributed by atoms with Gasteiger partial charge in [0, 0.05) is 30.3 Å². The van der Waals surface area contributed by atoms with E-state index in [0.717, 1.165) is 22.7 Å². The average Bonchev–Trinajstić information content (AvgIpc) is 3.08. The minimum Gasteiger partial charge on any atom is -0.469 e. The lowest BCUT2D eigenvalue weighted by Crippen LogP contribution is -2.12. The van der Waals surface area contributed by atoms with Crippen LogP contribution in [0.2, 0.25) is 0 Å². The number of carbonyl (C=O) groups excluding carboxylic acids is 1. The molecule has 1 aromatic carbocycles. The van der Waals surface area contributed by atoms with Crippen LogP contribution in [-0.4, -0.2) is 16.1 Å². The molecule has 0 spiro atoms. The maximum absolute atomic E-state index is 12.0. The molecule has 2 aromatic heterocycles. The molecule has 1 amide bonds. The summed E-state index contributed by atoms with van der Waals surface area (Å²) in [7, 11) is 0. The Bertz CT molecular complexity index is 740. The molecule has 0 aliphatic carbocycles. The van der Waals surface area contributed by atoms with Gasteiger partial charge in [-0.2, -0.15) is 10.2 Å². The predicted molar refractivity (Wildman–Crippen MR) is 83.1 cm³/mol. The lowest BCUT2D eigenvalue weighted by Gasteiger charge is -2.06. The monoisotopic (exact) mass is 293 g/mol. The van der Waals surface area contributed by atoms with Crippen molar-refractivity contribution in [3.8, 4) is 11.3 Å². The molecule has 0 radical (unpaired) electrons. The Labute approximate surface area is 128 Å². The van der Waals surface area contributed by atoms with Gasteiger partial charge in [0.05, 0.1) is 12.0 Å². The number of furan rings is 1. The predicted octanol–water partition coefficient (Wildman–Crippen LogP) is 3.31. The number of amides is 1. The summed E-state index contributed by atoms with van der Waals surface area (Å²) in [5.74, 6) is 0.760. The minimum absolute atomic E-state index is 0.0484. The van der Waals surface area contributed by atoms with Gasteiger partial charge < -0.3 is 9.73 Å². The highest BCUT2D eigenvalue weighted by molar-refractivity contribution is 5.91. The zero-order valence-electron chi connectivity index (χ0n) is 11.9. The van der Waals surface area contributed by atoms with Gasteiger partial charge in [0.25, 0.3) is 0 Å². The number of hydrogen-bond donors (Lipinski definition) is 1. The van der Waals surface area contributed by atoms with E-state index in [1.54, 1.807) is 12.5 Å². The Balaban J connectivity index is 1.64. The number of carbonyl (C=O) groups is 1. The van der Waals surface area contributed by atoms with Crippen LogP contribution in [0.1, 0.15) is 12.2 Å². The normalized spacial score (nSPS) is 10.4. The summed E-state index contributed by atoms with van der Waals surface area (Å²) in [6, 6.07) is 14.9. The van der Waals surface area contributed by atoms with Gasteiger partial charge in [-0.05, 0) is 36.4 Å². The molecule has 0 saturated heterocycles. The third kappa shape index (κ3) is 3.58. The van der Waals surface area contributed by atoms with E-state index < -0.39 is 0 Å². The van der Waals surface area contributed by atoms with Crippen molar-refractivity contribution >= 4 is 11.6 Å². The Kier molecular flexibility index (Phi) is 4.25. The first-order chi connectivity index (χ1) is 10.8. The molecule has 5 heteroatoms. The molecular weight excluding hydrogens is 278 g/mol. The third-order valence-corrected chi connectivity index (χ3v) is 3.19. The van der Waals surface area contributed by atoms with Crippen LogP contribution in [0.25, 0.3) is 11.3 Å². The van der Waals surface area contributed by atoms with Crippen molar-refractivity contribution in [2.24, 2.45) is 0 Å². The first-order valence-corrected chi connectivity index (χ1v) is 7.01. The van der Waals surface area contributed by atoms with Crippen molar-refractivity contribution in [1.29, 1.82) is 0 Å². The van der Waals surface area contributed by atoms with E-state index in [1.807, 2.05) is 48.5 Å². The number of aromatic nitrogens is 2. The standard InChI is InChI=1S/C17H15N3O2/c21-17(9-8-15-6-3-11-22-15)19-14-5-1-4-13(12-14)16-7-2-10-18-20-16/h1-7,10-12H,8-9H2,(H,19,21). The summed E-state index contributed by atoms with van der Waals surface area (Å²) in [5, 5.41) is 10.8. The van der Waals surface area contributed by atoms with Crippen LogP contribution in [0.15, 0.2) is 65.4 Å². The Hall–Kier alpha value is -2.95. The summed E-state index contributed by atoms with van der Waals surface area (Å²) >= 11 is 0. The molecule has 5 nitrogen and oxygen atoms in total. The number of anilines is 1. The van der Waals surface area contributed by atoms with Crippen LogP contribution in [0.5, 0.6) is 0 Å². The highest BCUT2D eigenvalue weighted by Gasteiger charge is 2.06. The Morgan fingerprint density at radius 3 is 2.86 bits per heavy atom. The highest BCUT2D eigenvalue weighted by atomic mass is 16.3. The fourth-order valence-corrected chi connectivity index (χ4v) is 2.13. The molecule has 2 heterocycles. The second-order valence-electron chi connectivity index (χ2n) is 4.82. The van der Waals surface area contributed by atoms with E-state index in [-0.39, 0.29) is 5.91 Å². The molecule has 0 atom stereocenters. The second-order valence-corrected chi connectivity index (χ2v) is 4.82. The minimum atomic E-state index is -0.0484. The summed E-state index contributed by atoms with van der Waals surface area (Å²) in [4.78, 5) is 12.0. The molecule has 22 heavy (non-hydrogen) atoms. The van der Waals surface area contributed by atoms with Crippen molar-refractivity contribution in [2.75, 3.05) is 5.32 Å². The topological polar surface area (TPSA) is 68.0 Å². The van der Waals surface area contributed by atoms with Crippen molar-refractivity contribution in [1.82, 2.24) is 10.2 Å². The molecule has 0 aliphatic heterocycles. The maximum atomic E-state index is 12.0. The van der Waals surface area contributed by atoms with Crippen LogP contribution < -0.4 is 5.32 Å². The molecular formula is C17H15N3O2. The van der Waals surface area contributed by atoms with Gasteiger partial charge in [-0.25, -0.2) is 0 Å². The van der Waals surface area contributed by atoms with Gasteiger partial charge in [0.2, 0.25) is 5.91 Å². The summed E-state index contributed by atoms with van der Waals surface area (Å²) < 4.78 is 5.22. The lowest BCUT2D eigenvalue weighted by atomic mass is 10.1. The van der Waals surface area contributed by atoms with Crippen LogP contribution in [0, 0.1) is 0 Å². The average molecular weight is 293 g/mol. The molecule has 0 unspecified atom stereocenters. The molecule has 3 rings (SSSR count). The van der Waals surface area contributed by atoms with Gasteiger partial charge in [-0.15, -0.1) is 0 Å². The van der Waals surface area contributed by atoms with Crippen LogP contribution in [0.4, 0.5) is 5.69 Å². The SMILES string of the molecule is O=C(CCc1ccco1)Nc1cccc(-c2cccnn2)c1. The molecule has 3 aromatic rings. The van der Waals surface area contributed by atoms with Crippen molar-refractivity contribution < 1.29 is 9.21 Å². The fraction of sp³-hybridized carbons (Fsp3) is 0.118. The largest absolute Gasteiger partial charge is 0.469 e. The smallest absolute Gasteiger partial charge is 0.224 e. The first kappa shape index (κ1) is 14.0. The second kappa shape index (κ2) is 6.67. The van der Waals surface area contributed by atoms with Gasteiger partial charge in [-0.1, -0.05) is 12.1 Å². The first-order valence-electron chi connectivity index (χ1n) is 7.01. The van der Waals surface area contributed by atoms with Gasteiger partial charge in [-0.3, -0.25) is 4.79 Å². The molecule has 0 aliphatic rings. The number of aryl methyl sites for hydroxylation is 1. The van der Waals surface area contributed by atoms with Crippen molar-refractivity contribution in [3.63, 3.8) is 0 Å². The summed E-state index contributed by atoms with van der Waals surface area (Å²) in [6.07, 6.45) is 4.20. The van der Waals surface area contributed by atoms with Crippen molar-refractivity contribution in [2.45, 2.75) is 12.8 Å². The molecule has 1 N–H and O–H groups in total. The van der Waals surface area contributed by atoms with E-state index in [4.69, 9.17) is 4.42 Å². The molecule has 0 saturated carbocycles. The summed E-state index contributed by atoms with van der Waals surface area (Å²) in [6.45, 7) is 0. The lowest BCUT2D eigenvalue weighted by molar-refractivity contribution is -0.116. The number of nitrogens with one attached hydrogen (secondary N) is 1. The number of benzene rings is 1. The maximum Gasteiger partial charge on any atom is 0.224 e. The molecule has 110 valence electrons. The van der Waals surface area contributed by atoms with E-state index in [9.17, 15) is 4.79 Å². The van der Waals surface area contributed by atoms with Crippen LogP contribution in [-0.2, 0) is 11.2 Å². The zero-order chi connectivity index (χ0) is 15.2. The van der Waals surface area contributed by atoms with E-state index in [0.29, 0.717) is 12.8 Å². The number of nitrogens with zero attached hydrogens (tertiary/aromatic N) is 2. The third-order valence-electron chi connectivity index (χ3n) is 3.19. The highest BCUT2D eigenvalue weighted by Crippen LogP contribution is 2.20. The van der Waals surface area contributed by atoms with E-state index in [2.05, 4.69) is 15.5 Å². The van der Waals surface area contributed by atoms with E-state index in [1.165, 1.54) is 0 Å². The Morgan fingerprint density at radius 1 is 1.14 bits per heavy atom. The van der Waals surface area contributed by atoms with Gasteiger partial charge >= 0.3 is 0 Å². The number of rotatable bonds is 5. The van der Waals surface area contributed by atoms with Crippen LogP contribution >= 0.6 is 0 Å². The number of hydrogen-bond acceptors (Lipinski definition) is 4. The Morgan fingerprint density at radius 2 is 2.09 bits per heavy atom. The van der Waals surface area contributed by atoms with Gasteiger partial charge in [0.15, 0.2) is 0 Å². The van der Waals surface area contributed by atoms with Gasteiger partial charge in [0.1, 0.15) is 5.76 Å². The van der Waals surface area contributed by atoms with Crippen LogP contribution in [0.3, 0.4) is 0 Å². The quantitative estimate of drug-likeness (QED) is 0.783. The molecule has 0 bridgehead atoms.